The Labute approximate surface area is 55.6 Å². The van der Waals surface area contributed by atoms with Crippen molar-refractivity contribution in [1.29, 1.82) is 0 Å². The zero-order chi connectivity index (χ0) is 6.85. The lowest BCUT2D eigenvalue weighted by Gasteiger charge is -2.31. The Bertz CT molecular complexity index is 97.1. The predicted molar refractivity (Wildman–Crippen MR) is 36.0 cm³/mol. The summed E-state index contributed by atoms with van der Waals surface area (Å²) >= 11 is 0. The molecular formula is C6H14N2O. The van der Waals surface area contributed by atoms with E-state index in [1.165, 1.54) is 0 Å². The van der Waals surface area contributed by atoms with Gasteiger partial charge in [0.1, 0.15) is 0 Å². The van der Waals surface area contributed by atoms with E-state index < -0.39 is 0 Å². The lowest BCUT2D eigenvalue weighted by Crippen LogP contribution is -2.55. The molecule has 3 unspecified atom stereocenters. The van der Waals surface area contributed by atoms with Crippen molar-refractivity contribution in [2.45, 2.75) is 32.2 Å². The molecule has 0 aromatic carbocycles. The largest absolute Gasteiger partial charge is 0.374 e. The lowest BCUT2D eigenvalue weighted by molar-refractivity contribution is -0.0103. The molecule has 1 aliphatic heterocycles. The maximum Gasteiger partial charge on any atom is 0.0790 e. The second-order valence-corrected chi connectivity index (χ2v) is 2.60. The molecule has 1 aliphatic rings. The van der Waals surface area contributed by atoms with Gasteiger partial charge in [0, 0.05) is 6.04 Å². The zero-order valence-electron chi connectivity index (χ0n) is 5.92. The molecule has 3 nitrogen and oxygen atoms in total. The van der Waals surface area contributed by atoms with Crippen LogP contribution in [0.2, 0.25) is 0 Å². The van der Waals surface area contributed by atoms with Gasteiger partial charge in [-0.1, -0.05) is 0 Å². The van der Waals surface area contributed by atoms with E-state index in [9.17, 15) is 0 Å². The van der Waals surface area contributed by atoms with Gasteiger partial charge >= 0.3 is 0 Å². The Morgan fingerprint density at radius 2 is 2.22 bits per heavy atom. The van der Waals surface area contributed by atoms with Crippen LogP contribution in [0.5, 0.6) is 0 Å². The topological polar surface area (TPSA) is 47.3 Å². The molecule has 3 heteroatoms. The van der Waals surface area contributed by atoms with Gasteiger partial charge in [-0.15, -0.1) is 0 Å². The fourth-order valence-electron chi connectivity index (χ4n) is 0.921. The van der Waals surface area contributed by atoms with Crippen molar-refractivity contribution in [3.8, 4) is 0 Å². The van der Waals surface area contributed by atoms with E-state index >= 15 is 0 Å². The number of rotatable bonds is 0. The number of hydrogen-bond acceptors (Lipinski definition) is 3. The van der Waals surface area contributed by atoms with Gasteiger partial charge in [-0.2, -0.15) is 0 Å². The summed E-state index contributed by atoms with van der Waals surface area (Å²) < 4.78 is 5.31. The minimum Gasteiger partial charge on any atom is -0.374 e. The second kappa shape index (κ2) is 2.64. The molecule has 3 atom stereocenters. The van der Waals surface area contributed by atoms with Crippen LogP contribution in [0.1, 0.15) is 13.8 Å². The summed E-state index contributed by atoms with van der Waals surface area (Å²) in [6.45, 7) is 4.75. The summed E-state index contributed by atoms with van der Waals surface area (Å²) in [4.78, 5) is 0. The number of morpholine rings is 1. The summed E-state index contributed by atoms with van der Waals surface area (Å²) in [7, 11) is 0. The van der Waals surface area contributed by atoms with E-state index in [1.807, 2.05) is 6.92 Å². The first-order chi connectivity index (χ1) is 4.20. The molecule has 1 fully saturated rings. The van der Waals surface area contributed by atoms with Crippen molar-refractivity contribution in [2.24, 2.45) is 5.73 Å². The second-order valence-electron chi connectivity index (χ2n) is 2.60. The van der Waals surface area contributed by atoms with E-state index in [-0.39, 0.29) is 6.17 Å². The number of hydrogen-bond donors (Lipinski definition) is 2. The minimum absolute atomic E-state index is 0.0243. The summed E-state index contributed by atoms with van der Waals surface area (Å²) in [5.74, 6) is 0. The molecule has 0 amide bonds. The summed E-state index contributed by atoms with van der Waals surface area (Å²) in [5, 5.41) is 3.18. The highest BCUT2D eigenvalue weighted by Gasteiger charge is 2.20. The quantitative estimate of drug-likeness (QED) is 0.472. The summed E-state index contributed by atoms with van der Waals surface area (Å²) in [6, 6.07) is 0.383. The summed E-state index contributed by atoms with van der Waals surface area (Å²) in [5.41, 5.74) is 5.55. The van der Waals surface area contributed by atoms with Crippen molar-refractivity contribution in [2.75, 3.05) is 6.61 Å². The Hall–Kier alpha value is -0.120. The van der Waals surface area contributed by atoms with Gasteiger partial charge in [-0.05, 0) is 13.8 Å². The van der Waals surface area contributed by atoms with Gasteiger partial charge in [0.05, 0.1) is 18.9 Å². The monoisotopic (exact) mass is 130 g/mol. The van der Waals surface area contributed by atoms with Crippen molar-refractivity contribution in [3.63, 3.8) is 0 Å². The predicted octanol–water partition coefficient (Wildman–Crippen LogP) is -0.332. The van der Waals surface area contributed by atoms with Crippen LogP contribution in [0, 0.1) is 0 Å². The van der Waals surface area contributed by atoms with Crippen LogP contribution in [-0.2, 0) is 4.74 Å². The van der Waals surface area contributed by atoms with Crippen LogP contribution in [0.4, 0.5) is 0 Å². The minimum atomic E-state index is 0.0243. The van der Waals surface area contributed by atoms with Gasteiger partial charge in [-0.25, -0.2) is 0 Å². The van der Waals surface area contributed by atoms with Crippen molar-refractivity contribution >= 4 is 0 Å². The first-order valence-corrected chi connectivity index (χ1v) is 3.33. The van der Waals surface area contributed by atoms with Crippen molar-refractivity contribution < 1.29 is 4.74 Å². The highest BCUT2D eigenvalue weighted by atomic mass is 16.5. The Balaban J connectivity index is 2.35. The Morgan fingerprint density at radius 1 is 1.56 bits per heavy atom. The molecule has 0 saturated carbocycles. The molecule has 0 aliphatic carbocycles. The third kappa shape index (κ3) is 1.64. The molecule has 0 radical (unpaired) electrons. The third-order valence-electron chi connectivity index (χ3n) is 1.72. The van der Waals surface area contributed by atoms with Gasteiger partial charge in [0.25, 0.3) is 0 Å². The fraction of sp³-hybridized carbons (Fsp3) is 1.00. The van der Waals surface area contributed by atoms with E-state index in [0.29, 0.717) is 18.8 Å². The van der Waals surface area contributed by atoms with Gasteiger partial charge < -0.3 is 10.5 Å². The van der Waals surface area contributed by atoms with E-state index in [0.717, 1.165) is 0 Å². The maximum absolute atomic E-state index is 5.55. The first kappa shape index (κ1) is 6.99. The number of nitrogens with one attached hydrogen (secondary N) is 1. The molecule has 9 heavy (non-hydrogen) atoms. The molecule has 0 aromatic heterocycles. The molecule has 54 valence electrons. The van der Waals surface area contributed by atoms with Crippen molar-refractivity contribution in [3.05, 3.63) is 0 Å². The number of nitrogens with two attached hydrogens (primary N) is 1. The molecule has 3 N–H and O–H groups in total. The molecule has 1 rings (SSSR count). The van der Waals surface area contributed by atoms with E-state index in [2.05, 4.69) is 12.2 Å². The molecule has 0 aromatic rings. The summed E-state index contributed by atoms with van der Waals surface area (Å²) in [6.07, 6.45) is 0.320. The smallest absolute Gasteiger partial charge is 0.0790 e. The number of ether oxygens (including phenoxy) is 1. The molecule has 1 saturated heterocycles. The fourth-order valence-corrected chi connectivity index (χ4v) is 0.921. The van der Waals surface area contributed by atoms with Gasteiger partial charge in [0.15, 0.2) is 0 Å². The van der Waals surface area contributed by atoms with Crippen LogP contribution in [0.15, 0.2) is 0 Å². The Morgan fingerprint density at radius 3 is 2.67 bits per heavy atom. The highest BCUT2D eigenvalue weighted by molar-refractivity contribution is 4.76. The van der Waals surface area contributed by atoms with Crippen LogP contribution >= 0.6 is 0 Å². The lowest BCUT2D eigenvalue weighted by atomic mass is 10.2. The van der Waals surface area contributed by atoms with Crippen molar-refractivity contribution in [1.82, 2.24) is 5.32 Å². The highest BCUT2D eigenvalue weighted by Crippen LogP contribution is 2.03. The van der Waals surface area contributed by atoms with Crippen LogP contribution < -0.4 is 11.1 Å². The van der Waals surface area contributed by atoms with Crippen LogP contribution in [-0.4, -0.2) is 24.9 Å². The third-order valence-corrected chi connectivity index (χ3v) is 1.72. The zero-order valence-corrected chi connectivity index (χ0v) is 5.92. The Kier molecular flexibility index (Phi) is 2.05. The van der Waals surface area contributed by atoms with Gasteiger partial charge in [-0.3, -0.25) is 5.32 Å². The average molecular weight is 130 g/mol. The maximum atomic E-state index is 5.55. The molecule has 0 spiro atoms. The van der Waals surface area contributed by atoms with Crippen LogP contribution in [0.3, 0.4) is 0 Å². The SMILES string of the molecule is CC1NC(N)COC1C. The van der Waals surface area contributed by atoms with E-state index in [4.69, 9.17) is 10.5 Å². The molecular weight excluding hydrogens is 116 g/mol. The first-order valence-electron chi connectivity index (χ1n) is 3.33. The standard InChI is InChI=1S/C6H14N2O/c1-4-5(2)9-3-6(7)8-4/h4-6,8H,3,7H2,1-2H3. The van der Waals surface area contributed by atoms with Gasteiger partial charge in [0.2, 0.25) is 0 Å². The molecule has 0 bridgehead atoms. The average Bonchev–Trinajstić information content (AvgIpc) is 1.80. The molecule has 1 heterocycles. The van der Waals surface area contributed by atoms with Crippen LogP contribution in [0.25, 0.3) is 0 Å². The normalized spacial score (nSPS) is 45.0. The van der Waals surface area contributed by atoms with E-state index in [1.54, 1.807) is 0 Å².